The fraction of sp³-hybridized carbons (Fsp3) is 0.429. The molecule has 2 unspecified atom stereocenters. The van der Waals surface area contributed by atoms with Crippen molar-refractivity contribution in [1.29, 1.82) is 0 Å². The predicted molar refractivity (Wildman–Crippen MR) is 71.2 cm³/mol. The van der Waals surface area contributed by atoms with E-state index in [1.54, 1.807) is 13.0 Å². The summed E-state index contributed by atoms with van der Waals surface area (Å²) in [7, 11) is 0. The van der Waals surface area contributed by atoms with Gasteiger partial charge in [0.2, 0.25) is 0 Å². The summed E-state index contributed by atoms with van der Waals surface area (Å²) in [5.41, 5.74) is 1.36. The van der Waals surface area contributed by atoms with Gasteiger partial charge in [0.25, 0.3) is 0 Å². The molecule has 0 spiro atoms. The van der Waals surface area contributed by atoms with E-state index in [2.05, 4.69) is 10.9 Å². The lowest BCUT2D eigenvalue weighted by molar-refractivity contribution is -0.124. The van der Waals surface area contributed by atoms with Crippen molar-refractivity contribution in [3.63, 3.8) is 0 Å². The van der Waals surface area contributed by atoms with E-state index < -0.39 is 12.0 Å². The van der Waals surface area contributed by atoms with Crippen LogP contribution in [-0.2, 0) is 4.79 Å². The van der Waals surface area contributed by atoms with Gasteiger partial charge in [-0.3, -0.25) is 4.79 Å². The zero-order valence-corrected chi connectivity index (χ0v) is 11.2. The summed E-state index contributed by atoms with van der Waals surface area (Å²) in [5.74, 6) is 1.90. The maximum Gasteiger partial charge on any atom is 0.135 e. The Morgan fingerprint density at radius 3 is 2.83 bits per heavy atom. The van der Waals surface area contributed by atoms with E-state index in [1.807, 2.05) is 0 Å². The molecule has 4 heteroatoms. The molecule has 0 amide bonds. The molecule has 18 heavy (non-hydrogen) atoms. The lowest BCUT2D eigenvalue weighted by atomic mass is 9.89. The molecule has 0 aliphatic heterocycles. The second-order valence-electron chi connectivity index (χ2n) is 4.28. The molecule has 0 bridgehead atoms. The second-order valence-corrected chi connectivity index (χ2v) is 4.64. The number of aryl methyl sites for hydroxylation is 1. The minimum Gasteiger partial charge on any atom is -0.388 e. The molecule has 0 saturated carbocycles. The molecule has 0 saturated heterocycles. The topological polar surface area (TPSA) is 50.2 Å². The van der Waals surface area contributed by atoms with Gasteiger partial charge < -0.3 is 5.11 Å². The SMILES string of the molecule is C#CCCC(C(C)=O)C(O)c1cnc(Cl)c(C)c1. The highest BCUT2D eigenvalue weighted by atomic mass is 35.5. The summed E-state index contributed by atoms with van der Waals surface area (Å²) in [6, 6.07) is 1.74. The van der Waals surface area contributed by atoms with E-state index in [9.17, 15) is 9.90 Å². The first-order valence-electron chi connectivity index (χ1n) is 5.71. The van der Waals surface area contributed by atoms with E-state index >= 15 is 0 Å². The summed E-state index contributed by atoms with van der Waals surface area (Å²) >= 11 is 5.82. The zero-order valence-electron chi connectivity index (χ0n) is 10.5. The molecular formula is C14H16ClNO2. The normalized spacial score (nSPS) is 13.7. The Bertz CT molecular complexity index is 479. The Hall–Kier alpha value is -1.37. The van der Waals surface area contributed by atoms with Gasteiger partial charge in [-0.05, 0) is 37.5 Å². The first-order valence-corrected chi connectivity index (χ1v) is 6.09. The van der Waals surface area contributed by atoms with Gasteiger partial charge in [0, 0.05) is 18.5 Å². The van der Waals surface area contributed by atoms with Crippen LogP contribution in [-0.4, -0.2) is 15.9 Å². The molecule has 3 nitrogen and oxygen atoms in total. The van der Waals surface area contributed by atoms with Crippen molar-refractivity contribution >= 4 is 17.4 Å². The number of terminal acetylenes is 1. The quantitative estimate of drug-likeness (QED) is 0.658. The average Bonchev–Trinajstić information content (AvgIpc) is 2.32. The maximum atomic E-state index is 11.5. The van der Waals surface area contributed by atoms with Crippen molar-refractivity contribution < 1.29 is 9.90 Å². The Kier molecular flexibility index (Phi) is 5.33. The number of Topliss-reactive ketones (excluding diaryl/α,β-unsaturated/α-hetero) is 1. The molecule has 1 N–H and O–H groups in total. The summed E-state index contributed by atoms with van der Waals surface area (Å²) in [4.78, 5) is 15.5. The Morgan fingerprint density at radius 1 is 1.67 bits per heavy atom. The third-order valence-electron chi connectivity index (χ3n) is 2.88. The average molecular weight is 266 g/mol. The van der Waals surface area contributed by atoms with Crippen LogP contribution < -0.4 is 0 Å². The van der Waals surface area contributed by atoms with Crippen molar-refractivity contribution in [2.24, 2.45) is 5.92 Å². The highest BCUT2D eigenvalue weighted by Gasteiger charge is 2.25. The number of hydrogen-bond donors (Lipinski definition) is 1. The van der Waals surface area contributed by atoms with Crippen molar-refractivity contribution in [2.75, 3.05) is 0 Å². The first kappa shape index (κ1) is 14.7. The Labute approximate surface area is 112 Å². The van der Waals surface area contributed by atoms with E-state index in [0.717, 1.165) is 5.56 Å². The molecule has 0 radical (unpaired) electrons. The van der Waals surface area contributed by atoms with Crippen LogP contribution in [0.1, 0.15) is 37.0 Å². The lowest BCUT2D eigenvalue weighted by Crippen LogP contribution is -2.20. The summed E-state index contributed by atoms with van der Waals surface area (Å²) in [6.45, 7) is 3.26. The summed E-state index contributed by atoms with van der Waals surface area (Å²) in [6.07, 6.45) is 6.72. The van der Waals surface area contributed by atoms with Crippen LogP contribution in [0.4, 0.5) is 0 Å². The molecule has 96 valence electrons. The standard InChI is InChI=1S/C14H16ClNO2/c1-4-5-6-12(10(3)17)13(18)11-7-9(2)14(15)16-8-11/h1,7-8,12-13,18H,5-6H2,2-3H3. The van der Waals surface area contributed by atoms with Crippen molar-refractivity contribution in [3.05, 3.63) is 28.5 Å². The van der Waals surface area contributed by atoms with E-state index in [4.69, 9.17) is 18.0 Å². The minimum absolute atomic E-state index is 0.0784. The van der Waals surface area contributed by atoms with Crippen LogP contribution in [0.3, 0.4) is 0 Å². The summed E-state index contributed by atoms with van der Waals surface area (Å²) in [5, 5.41) is 10.6. The molecular weight excluding hydrogens is 250 g/mol. The van der Waals surface area contributed by atoms with Crippen LogP contribution in [0.5, 0.6) is 0 Å². The van der Waals surface area contributed by atoms with E-state index in [-0.39, 0.29) is 5.78 Å². The molecule has 1 heterocycles. The van der Waals surface area contributed by atoms with Crippen LogP contribution in [0, 0.1) is 25.2 Å². The van der Waals surface area contributed by atoms with Crippen LogP contribution in [0.2, 0.25) is 5.15 Å². The number of carbonyl (C=O) groups excluding carboxylic acids is 1. The number of pyridine rings is 1. The molecule has 1 rings (SSSR count). The zero-order chi connectivity index (χ0) is 13.7. The highest BCUT2D eigenvalue weighted by molar-refractivity contribution is 6.30. The number of hydrogen-bond acceptors (Lipinski definition) is 3. The van der Waals surface area contributed by atoms with Gasteiger partial charge in [-0.1, -0.05) is 11.6 Å². The maximum absolute atomic E-state index is 11.5. The molecule has 0 aromatic carbocycles. The molecule has 0 aliphatic carbocycles. The number of aliphatic hydroxyl groups excluding tert-OH is 1. The van der Waals surface area contributed by atoms with Gasteiger partial charge in [-0.2, -0.15) is 0 Å². The lowest BCUT2D eigenvalue weighted by Gasteiger charge is -2.20. The number of nitrogens with zero attached hydrogens (tertiary/aromatic N) is 1. The second kappa shape index (κ2) is 6.53. The van der Waals surface area contributed by atoms with Gasteiger partial charge in [-0.15, -0.1) is 12.3 Å². The Balaban J connectivity index is 2.94. The third kappa shape index (κ3) is 3.56. The first-order chi connectivity index (χ1) is 8.47. The monoisotopic (exact) mass is 265 g/mol. The molecule has 1 aromatic rings. The van der Waals surface area contributed by atoms with E-state index in [1.165, 1.54) is 13.1 Å². The van der Waals surface area contributed by atoms with Gasteiger partial charge in [0.1, 0.15) is 10.9 Å². The fourth-order valence-electron chi connectivity index (χ4n) is 1.80. The van der Waals surface area contributed by atoms with Gasteiger partial charge >= 0.3 is 0 Å². The predicted octanol–water partition coefficient (Wildman–Crippen LogP) is 2.70. The smallest absolute Gasteiger partial charge is 0.135 e. The van der Waals surface area contributed by atoms with E-state index in [0.29, 0.717) is 23.6 Å². The molecule has 1 aromatic heterocycles. The number of carbonyl (C=O) groups is 1. The Morgan fingerprint density at radius 2 is 2.33 bits per heavy atom. The van der Waals surface area contributed by atoms with Crippen LogP contribution >= 0.6 is 11.6 Å². The molecule has 0 aliphatic rings. The van der Waals surface area contributed by atoms with Crippen LogP contribution in [0.25, 0.3) is 0 Å². The van der Waals surface area contributed by atoms with Gasteiger partial charge in [-0.25, -0.2) is 4.98 Å². The molecule has 0 fully saturated rings. The number of rotatable bonds is 5. The third-order valence-corrected chi connectivity index (χ3v) is 3.28. The van der Waals surface area contributed by atoms with Crippen molar-refractivity contribution in [3.8, 4) is 12.3 Å². The number of aromatic nitrogens is 1. The fourth-order valence-corrected chi connectivity index (χ4v) is 1.90. The number of aliphatic hydroxyl groups is 1. The largest absolute Gasteiger partial charge is 0.388 e. The van der Waals surface area contributed by atoms with Crippen molar-refractivity contribution in [1.82, 2.24) is 4.98 Å². The number of halogens is 1. The minimum atomic E-state index is -0.890. The van der Waals surface area contributed by atoms with Crippen LogP contribution in [0.15, 0.2) is 12.3 Å². The number of ketones is 1. The van der Waals surface area contributed by atoms with Gasteiger partial charge in [0.05, 0.1) is 6.10 Å². The van der Waals surface area contributed by atoms with Gasteiger partial charge in [0.15, 0.2) is 0 Å². The summed E-state index contributed by atoms with van der Waals surface area (Å²) < 4.78 is 0. The highest BCUT2D eigenvalue weighted by Crippen LogP contribution is 2.27. The molecule has 2 atom stereocenters. The van der Waals surface area contributed by atoms with Crippen molar-refractivity contribution in [2.45, 2.75) is 32.8 Å².